The topological polar surface area (TPSA) is 22.1 Å². The van der Waals surface area contributed by atoms with Gasteiger partial charge in [-0.2, -0.15) is 0 Å². The summed E-state index contributed by atoms with van der Waals surface area (Å²) in [6.07, 6.45) is 4.03. The molecule has 0 unspecified atom stereocenters. The van der Waals surface area contributed by atoms with Gasteiger partial charge in [0.05, 0.1) is 6.61 Å². The fraction of sp³-hybridized carbons (Fsp3) is 0.583. The van der Waals surface area contributed by atoms with Gasteiger partial charge in [0.15, 0.2) is 0 Å². The molecule has 0 N–H and O–H groups in total. The number of rotatable bonds is 1. The first-order valence-electron chi connectivity index (χ1n) is 5.15. The van der Waals surface area contributed by atoms with Crippen LogP contribution < -0.4 is 4.74 Å². The Labute approximate surface area is 85.3 Å². The van der Waals surface area contributed by atoms with Crippen LogP contribution in [0.1, 0.15) is 31.9 Å². The molecule has 0 saturated carbocycles. The Kier molecular flexibility index (Phi) is 2.22. The average molecular weight is 191 g/mol. The van der Waals surface area contributed by atoms with E-state index < -0.39 is 0 Å². The Morgan fingerprint density at radius 3 is 2.93 bits per heavy atom. The van der Waals surface area contributed by atoms with Gasteiger partial charge in [0.25, 0.3) is 0 Å². The highest BCUT2D eigenvalue weighted by molar-refractivity contribution is 5.33. The summed E-state index contributed by atoms with van der Waals surface area (Å²) in [5, 5.41) is 0. The lowest BCUT2D eigenvalue weighted by Crippen LogP contribution is -2.09. The van der Waals surface area contributed by atoms with Crippen LogP contribution in [0.3, 0.4) is 0 Å². The lowest BCUT2D eigenvalue weighted by molar-refractivity contribution is 0.344. The molecule has 0 atom stereocenters. The van der Waals surface area contributed by atoms with Crippen LogP contribution in [-0.2, 0) is 12.8 Å². The fourth-order valence-electron chi connectivity index (χ4n) is 1.82. The van der Waals surface area contributed by atoms with Crippen molar-refractivity contribution in [1.29, 1.82) is 0 Å². The third-order valence-corrected chi connectivity index (χ3v) is 2.33. The summed E-state index contributed by atoms with van der Waals surface area (Å²) < 4.78 is 5.37. The molecule has 2 heteroatoms. The molecular weight excluding hydrogens is 174 g/mol. The minimum atomic E-state index is 0.329. The van der Waals surface area contributed by atoms with E-state index in [-0.39, 0.29) is 0 Å². The van der Waals surface area contributed by atoms with E-state index in [1.807, 2.05) is 6.20 Å². The maximum absolute atomic E-state index is 5.37. The Hall–Kier alpha value is -1.05. The molecule has 0 saturated heterocycles. The minimum absolute atomic E-state index is 0.329. The van der Waals surface area contributed by atoms with Crippen molar-refractivity contribution in [3.05, 3.63) is 23.4 Å². The first-order valence-corrected chi connectivity index (χ1v) is 5.15. The molecule has 1 aromatic rings. The molecule has 0 bridgehead atoms. The molecule has 1 aliphatic heterocycles. The molecule has 1 aliphatic rings. The second kappa shape index (κ2) is 3.26. The maximum atomic E-state index is 5.37. The molecule has 76 valence electrons. The van der Waals surface area contributed by atoms with Crippen LogP contribution in [-0.4, -0.2) is 11.6 Å². The highest BCUT2D eigenvalue weighted by Gasteiger charge is 2.16. The quantitative estimate of drug-likeness (QED) is 0.680. The van der Waals surface area contributed by atoms with Crippen molar-refractivity contribution >= 4 is 0 Å². The fourth-order valence-corrected chi connectivity index (χ4v) is 1.82. The van der Waals surface area contributed by atoms with Crippen LogP contribution in [0.15, 0.2) is 12.3 Å². The molecule has 0 aromatic carbocycles. The summed E-state index contributed by atoms with van der Waals surface area (Å²) in [5.41, 5.74) is 2.92. The average Bonchev–Trinajstić information content (AvgIpc) is 2.47. The number of hydrogen-bond acceptors (Lipinski definition) is 2. The van der Waals surface area contributed by atoms with Crippen molar-refractivity contribution in [3.63, 3.8) is 0 Å². The van der Waals surface area contributed by atoms with Gasteiger partial charge in [-0.15, -0.1) is 0 Å². The van der Waals surface area contributed by atoms with Gasteiger partial charge in [-0.25, -0.2) is 4.98 Å². The van der Waals surface area contributed by atoms with Gasteiger partial charge in [-0.05, 0) is 23.5 Å². The largest absolute Gasteiger partial charge is 0.477 e. The first kappa shape index (κ1) is 9.50. The van der Waals surface area contributed by atoms with E-state index in [1.54, 1.807) is 0 Å². The van der Waals surface area contributed by atoms with Crippen LogP contribution in [0.5, 0.6) is 5.88 Å². The second-order valence-electron chi connectivity index (χ2n) is 5.14. The number of pyridine rings is 1. The highest BCUT2D eigenvalue weighted by atomic mass is 16.5. The van der Waals surface area contributed by atoms with E-state index in [0.29, 0.717) is 5.41 Å². The van der Waals surface area contributed by atoms with Crippen molar-refractivity contribution in [2.75, 3.05) is 6.61 Å². The zero-order chi connectivity index (χ0) is 10.2. The number of ether oxygens (including phenoxy) is 1. The molecule has 2 heterocycles. The van der Waals surface area contributed by atoms with Gasteiger partial charge in [0.2, 0.25) is 5.88 Å². The Morgan fingerprint density at radius 2 is 2.21 bits per heavy atom. The van der Waals surface area contributed by atoms with Crippen LogP contribution in [0.4, 0.5) is 0 Å². The van der Waals surface area contributed by atoms with Crippen molar-refractivity contribution in [3.8, 4) is 5.88 Å². The monoisotopic (exact) mass is 191 g/mol. The lowest BCUT2D eigenvalue weighted by atomic mass is 9.88. The summed E-state index contributed by atoms with van der Waals surface area (Å²) >= 11 is 0. The van der Waals surface area contributed by atoms with Gasteiger partial charge in [0, 0.05) is 18.2 Å². The highest BCUT2D eigenvalue weighted by Crippen LogP contribution is 2.26. The van der Waals surface area contributed by atoms with E-state index in [0.717, 1.165) is 25.3 Å². The van der Waals surface area contributed by atoms with Crippen molar-refractivity contribution in [2.45, 2.75) is 33.6 Å². The van der Waals surface area contributed by atoms with E-state index in [9.17, 15) is 0 Å². The molecule has 0 fully saturated rings. The van der Waals surface area contributed by atoms with E-state index in [4.69, 9.17) is 4.74 Å². The van der Waals surface area contributed by atoms with Gasteiger partial charge >= 0.3 is 0 Å². The van der Waals surface area contributed by atoms with Gasteiger partial charge in [-0.1, -0.05) is 20.8 Å². The Morgan fingerprint density at radius 1 is 1.43 bits per heavy atom. The first-order chi connectivity index (χ1) is 6.54. The van der Waals surface area contributed by atoms with Gasteiger partial charge < -0.3 is 4.74 Å². The number of nitrogens with zero attached hydrogens (tertiary/aromatic N) is 1. The van der Waals surface area contributed by atoms with Crippen LogP contribution >= 0.6 is 0 Å². The summed E-state index contributed by atoms with van der Waals surface area (Å²) in [5.74, 6) is 0.836. The SMILES string of the molecule is CC(C)(C)Cc1cnc2c(c1)CCO2. The molecule has 2 nitrogen and oxygen atoms in total. The number of fused-ring (bicyclic) bond motifs is 1. The molecule has 1 aromatic heterocycles. The molecule has 0 radical (unpaired) electrons. The predicted octanol–water partition coefficient (Wildman–Crippen LogP) is 2.61. The van der Waals surface area contributed by atoms with Crippen molar-refractivity contribution in [2.24, 2.45) is 5.41 Å². The molecule has 0 amide bonds. The predicted molar refractivity (Wildman–Crippen MR) is 56.6 cm³/mol. The van der Waals surface area contributed by atoms with Crippen LogP contribution in [0, 0.1) is 5.41 Å². The number of hydrogen-bond donors (Lipinski definition) is 0. The standard InChI is InChI=1S/C12H17NO/c1-12(2,3)7-9-6-10-4-5-14-11(10)13-8-9/h6,8H,4-5,7H2,1-3H3. The normalized spacial score (nSPS) is 15.1. The Bertz CT molecular complexity index is 339. The summed E-state index contributed by atoms with van der Waals surface area (Å²) in [4.78, 5) is 4.32. The van der Waals surface area contributed by atoms with Gasteiger partial charge in [-0.3, -0.25) is 0 Å². The third-order valence-electron chi connectivity index (χ3n) is 2.33. The molecule has 14 heavy (non-hydrogen) atoms. The minimum Gasteiger partial charge on any atom is -0.477 e. The Balaban J connectivity index is 2.21. The smallest absolute Gasteiger partial charge is 0.216 e. The second-order valence-corrected chi connectivity index (χ2v) is 5.14. The van der Waals surface area contributed by atoms with Gasteiger partial charge in [0.1, 0.15) is 0 Å². The summed E-state index contributed by atoms with van der Waals surface area (Å²) in [6.45, 7) is 7.53. The molecule has 2 rings (SSSR count). The van der Waals surface area contributed by atoms with Crippen molar-refractivity contribution < 1.29 is 4.74 Å². The van der Waals surface area contributed by atoms with Crippen LogP contribution in [0.25, 0.3) is 0 Å². The lowest BCUT2D eigenvalue weighted by Gasteiger charge is -2.17. The zero-order valence-electron chi connectivity index (χ0n) is 9.13. The van der Waals surface area contributed by atoms with E-state index in [2.05, 4.69) is 31.8 Å². The van der Waals surface area contributed by atoms with Crippen molar-refractivity contribution in [1.82, 2.24) is 4.98 Å². The van der Waals surface area contributed by atoms with E-state index >= 15 is 0 Å². The maximum Gasteiger partial charge on any atom is 0.216 e. The van der Waals surface area contributed by atoms with E-state index in [1.165, 1.54) is 11.1 Å². The van der Waals surface area contributed by atoms with Crippen LogP contribution in [0.2, 0.25) is 0 Å². The molecule has 0 spiro atoms. The molecule has 0 aliphatic carbocycles. The summed E-state index contributed by atoms with van der Waals surface area (Å²) in [7, 11) is 0. The third kappa shape index (κ3) is 2.06. The number of aromatic nitrogens is 1. The zero-order valence-corrected chi connectivity index (χ0v) is 9.13. The summed E-state index contributed by atoms with van der Waals surface area (Å²) in [6, 6.07) is 2.24. The molecular formula is C12H17NO.